The molecule has 0 aliphatic carbocycles. The minimum absolute atomic E-state index is 0.0680. The second-order valence-corrected chi connectivity index (χ2v) is 4.50. The molecule has 0 unspecified atom stereocenters. The molecule has 0 saturated heterocycles. The Kier molecular flexibility index (Phi) is 4.94. The van der Waals surface area contributed by atoms with E-state index in [1.165, 1.54) is 0 Å². The minimum atomic E-state index is -0.326. The zero-order chi connectivity index (χ0) is 15.9. The number of ether oxygens (including phenoxy) is 2. The quantitative estimate of drug-likeness (QED) is 0.481. The predicted molar refractivity (Wildman–Crippen MR) is 83.9 cm³/mol. The topological polar surface area (TPSA) is 59.3 Å². The Morgan fingerprint density at radius 2 is 1.73 bits per heavy atom. The van der Waals surface area contributed by atoms with E-state index < -0.39 is 0 Å². The first-order valence-corrected chi connectivity index (χ1v) is 6.62. The van der Waals surface area contributed by atoms with E-state index >= 15 is 0 Å². The van der Waals surface area contributed by atoms with Crippen LogP contribution >= 0.6 is 0 Å². The molecule has 110 valence electrons. The lowest BCUT2D eigenvalue weighted by molar-refractivity contribution is 0.104. The summed E-state index contributed by atoms with van der Waals surface area (Å²) < 4.78 is 10.2. The van der Waals surface area contributed by atoms with Crippen LogP contribution in [0.3, 0.4) is 0 Å². The lowest BCUT2D eigenvalue weighted by atomic mass is 10.0. The van der Waals surface area contributed by atoms with Crippen molar-refractivity contribution in [3.8, 4) is 17.6 Å². The standard InChI is InChI=1S/C18H15NO3/c1-21-16-8-6-14(7-9-16)18(20)15(12-19)10-13-4-3-5-17(11-13)22-2/h3-11H,1-2H3/b15-10+. The van der Waals surface area contributed by atoms with E-state index in [-0.39, 0.29) is 11.4 Å². The second kappa shape index (κ2) is 7.09. The Labute approximate surface area is 129 Å². The largest absolute Gasteiger partial charge is 0.497 e. The molecule has 0 fully saturated rings. The van der Waals surface area contributed by atoms with Crippen LogP contribution in [-0.4, -0.2) is 20.0 Å². The van der Waals surface area contributed by atoms with E-state index in [1.807, 2.05) is 6.07 Å². The van der Waals surface area contributed by atoms with Crippen LogP contribution in [0.1, 0.15) is 15.9 Å². The maximum absolute atomic E-state index is 12.4. The van der Waals surface area contributed by atoms with Crippen LogP contribution in [-0.2, 0) is 0 Å². The van der Waals surface area contributed by atoms with Gasteiger partial charge >= 0.3 is 0 Å². The third kappa shape index (κ3) is 3.53. The first-order valence-electron chi connectivity index (χ1n) is 6.62. The third-order valence-corrected chi connectivity index (χ3v) is 3.12. The number of hydrogen-bond acceptors (Lipinski definition) is 4. The number of carbonyl (C=O) groups excluding carboxylic acids is 1. The zero-order valence-corrected chi connectivity index (χ0v) is 12.4. The maximum atomic E-state index is 12.4. The third-order valence-electron chi connectivity index (χ3n) is 3.12. The number of methoxy groups -OCH3 is 2. The van der Waals surface area contributed by atoms with Gasteiger partial charge in [-0.15, -0.1) is 0 Å². The number of rotatable bonds is 5. The van der Waals surface area contributed by atoms with Crippen molar-refractivity contribution in [2.24, 2.45) is 0 Å². The van der Waals surface area contributed by atoms with Gasteiger partial charge in [0.1, 0.15) is 23.1 Å². The summed E-state index contributed by atoms with van der Waals surface area (Å²) in [6, 6.07) is 15.8. The highest BCUT2D eigenvalue weighted by Gasteiger charge is 2.12. The molecule has 22 heavy (non-hydrogen) atoms. The summed E-state index contributed by atoms with van der Waals surface area (Å²) in [6.45, 7) is 0. The van der Waals surface area contributed by atoms with E-state index in [4.69, 9.17) is 9.47 Å². The number of hydrogen-bond donors (Lipinski definition) is 0. The van der Waals surface area contributed by atoms with Gasteiger partial charge in [0.2, 0.25) is 5.78 Å². The van der Waals surface area contributed by atoms with Crippen molar-refractivity contribution in [2.45, 2.75) is 0 Å². The normalized spacial score (nSPS) is 10.7. The van der Waals surface area contributed by atoms with Crippen molar-refractivity contribution in [1.82, 2.24) is 0 Å². The van der Waals surface area contributed by atoms with Crippen molar-refractivity contribution in [3.63, 3.8) is 0 Å². The molecular weight excluding hydrogens is 278 g/mol. The van der Waals surface area contributed by atoms with Crippen LogP contribution in [0, 0.1) is 11.3 Å². The number of allylic oxidation sites excluding steroid dienone is 1. The van der Waals surface area contributed by atoms with Gasteiger partial charge < -0.3 is 9.47 Å². The summed E-state index contributed by atoms with van der Waals surface area (Å²) in [7, 11) is 3.12. The maximum Gasteiger partial charge on any atom is 0.203 e. The van der Waals surface area contributed by atoms with Crippen molar-refractivity contribution in [2.75, 3.05) is 14.2 Å². The summed E-state index contributed by atoms with van der Waals surface area (Å²) in [4.78, 5) is 12.4. The van der Waals surface area contributed by atoms with E-state index in [0.29, 0.717) is 17.1 Å². The first kappa shape index (κ1) is 15.3. The molecular formula is C18H15NO3. The van der Waals surface area contributed by atoms with Crippen LogP contribution in [0.4, 0.5) is 0 Å². The molecule has 0 heterocycles. The fourth-order valence-corrected chi connectivity index (χ4v) is 1.94. The molecule has 2 aromatic carbocycles. The average Bonchev–Trinajstić information content (AvgIpc) is 2.59. The van der Waals surface area contributed by atoms with Gasteiger partial charge in [-0.05, 0) is 48.0 Å². The molecule has 0 aromatic heterocycles. The van der Waals surface area contributed by atoms with Gasteiger partial charge in [-0.3, -0.25) is 4.79 Å². The fraction of sp³-hybridized carbons (Fsp3) is 0.111. The van der Waals surface area contributed by atoms with Crippen LogP contribution in [0.15, 0.2) is 54.1 Å². The molecule has 0 atom stereocenters. The van der Waals surface area contributed by atoms with Gasteiger partial charge in [-0.1, -0.05) is 12.1 Å². The molecule has 0 bridgehead atoms. The van der Waals surface area contributed by atoms with Gasteiger partial charge in [0.15, 0.2) is 0 Å². The molecule has 4 heteroatoms. The number of ketones is 1. The van der Waals surface area contributed by atoms with E-state index in [9.17, 15) is 10.1 Å². The highest BCUT2D eigenvalue weighted by atomic mass is 16.5. The van der Waals surface area contributed by atoms with Crippen molar-refractivity contribution < 1.29 is 14.3 Å². The monoisotopic (exact) mass is 293 g/mol. The highest BCUT2D eigenvalue weighted by Crippen LogP contribution is 2.18. The Bertz CT molecular complexity index is 740. The van der Waals surface area contributed by atoms with Gasteiger partial charge in [0, 0.05) is 5.56 Å². The second-order valence-electron chi connectivity index (χ2n) is 4.50. The Hall–Kier alpha value is -3.06. The van der Waals surface area contributed by atoms with Crippen molar-refractivity contribution in [1.29, 1.82) is 5.26 Å². The van der Waals surface area contributed by atoms with Gasteiger partial charge in [0.25, 0.3) is 0 Å². The van der Waals surface area contributed by atoms with E-state index in [2.05, 4.69) is 0 Å². The molecule has 0 spiro atoms. The Morgan fingerprint density at radius 1 is 1.05 bits per heavy atom. The molecule has 0 radical (unpaired) electrons. The highest BCUT2D eigenvalue weighted by molar-refractivity contribution is 6.14. The number of carbonyl (C=O) groups is 1. The lowest BCUT2D eigenvalue weighted by Gasteiger charge is -2.03. The number of benzene rings is 2. The van der Waals surface area contributed by atoms with Crippen LogP contribution < -0.4 is 9.47 Å². The first-order chi connectivity index (χ1) is 10.7. The fourth-order valence-electron chi connectivity index (χ4n) is 1.94. The smallest absolute Gasteiger partial charge is 0.203 e. The van der Waals surface area contributed by atoms with E-state index in [1.54, 1.807) is 68.8 Å². The zero-order valence-electron chi connectivity index (χ0n) is 12.4. The SMILES string of the molecule is COc1ccc(C(=O)/C(C#N)=C/c2cccc(OC)c2)cc1. The molecule has 0 aliphatic heterocycles. The van der Waals surface area contributed by atoms with Crippen LogP contribution in [0.2, 0.25) is 0 Å². The molecule has 2 aromatic rings. The molecule has 0 amide bonds. The average molecular weight is 293 g/mol. The Balaban J connectivity index is 2.31. The lowest BCUT2D eigenvalue weighted by Crippen LogP contribution is -2.01. The summed E-state index contributed by atoms with van der Waals surface area (Å²) in [6.07, 6.45) is 1.55. The Morgan fingerprint density at radius 3 is 2.32 bits per heavy atom. The summed E-state index contributed by atoms with van der Waals surface area (Å²) >= 11 is 0. The van der Waals surface area contributed by atoms with E-state index in [0.717, 1.165) is 5.56 Å². The van der Waals surface area contributed by atoms with Crippen molar-refractivity contribution in [3.05, 3.63) is 65.2 Å². The molecule has 0 saturated carbocycles. The van der Waals surface area contributed by atoms with Crippen LogP contribution in [0.25, 0.3) is 6.08 Å². The molecule has 2 rings (SSSR count). The molecule has 4 nitrogen and oxygen atoms in total. The minimum Gasteiger partial charge on any atom is -0.497 e. The number of nitrogens with zero attached hydrogens (tertiary/aromatic N) is 1. The van der Waals surface area contributed by atoms with Gasteiger partial charge in [0.05, 0.1) is 14.2 Å². The predicted octanol–water partition coefficient (Wildman–Crippen LogP) is 3.49. The van der Waals surface area contributed by atoms with Crippen molar-refractivity contribution >= 4 is 11.9 Å². The summed E-state index contributed by atoms with van der Waals surface area (Å²) in [5.74, 6) is 1.00. The molecule has 0 N–H and O–H groups in total. The van der Waals surface area contributed by atoms with Crippen LogP contribution in [0.5, 0.6) is 11.5 Å². The van der Waals surface area contributed by atoms with Gasteiger partial charge in [-0.25, -0.2) is 0 Å². The number of Topliss-reactive ketones (excluding diaryl/α,β-unsaturated/α-hetero) is 1. The molecule has 0 aliphatic rings. The van der Waals surface area contributed by atoms with Gasteiger partial charge in [-0.2, -0.15) is 5.26 Å². The summed E-state index contributed by atoms with van der Waals surface area (Å²) in [5.41, 5.74) is 1.24. The number of nitriles is 1. The summed E-state index contributed by atoms with van der Waals surface area (Å²) in [5, 5.41) is 9.25.